The fourth-order valence-corrected chi connectivity index (χ4v) is 1.31. The predicted molar refractivity (Wildman–Crippen MR) is 61.6 cm³/mol. The van der Waals surface area contributed by atoms with Gasteiger partial charge in [-0.1, -0.05) is 6.08 Å². The Hall–Kier alpha value is -0.480. The van der Waals surface area contributed by atoms with Crippen molar-refractivity contribution in [3.8, 4) is 0 Å². The third-order valence-electron chi connectivity index (χ3n) is 1.50. The minimum absolute atomic E-state index is 0.265. The molecule has 0 aliphatic rings. The molecule has 0 bridgehead atoms. The lowest BCUT2D eigenvalue weighted by atomic mass is 10.4. The van der Waals surface area contributed by atoms with E-state index < -0.39 is 0 Å². The molecule has 0 aromatic heterocycles. The van der Waals surface area contributed by atoms with Gasteiger partial charge in [-0.05, 0) is 31.9 Å². The van der Waals surface area contributed by atoms with Crippen molar-refractivity contribution < 1.29 is 9.53 Å². The number of esters is 1. The van der Waals surface area contributed by atoms with E-state index in [9.17, 15) is 4.79 Å². The van der Waals surface area contributed by atoms with E-state index in [0.29, 0.717) is 6.61 Å². The molecule has 0 aromatic rings. The van der Waals surface area contributed by atoms with Crippen LogP contribution in [0, 0.1) is 0 Å². The Morgan fingerprint density at radius 3 is 3.00 bits per heavy atom. The highest BCUT2D eigenvalue weighted by Crippen LogP contribution is 1.92. The highest BCUT2D eigenvalue weighted by atomic mass is 32.2. The van der Waals surface area contributed by atoms with Crippen molar-refractivity contribution in [2.24, 2.45) is 0 Å². The molecule has 82 valence electrons. The van der Waals surface area contributed by atoms with Crippen molar-refractivity contribution in [3.05, 3.63) is 12.2 Å². The first kappa shape index (κ1) is 13.5. The summed E-state index contributed by atoms with van der Waals surface area (Å²) in [6, 6.07) is 0. The molecule has 0 heterocycles. The Balaban J connectivity index is 3.22. The summed E-state index contributed by atoms with van der Waals surface area (Å²) in [7, 11) is 0. The molecule has 0 saturated carbocycles. The van der Waals surface area contributed by atoms with E-state index in [0.717, 1.165) is 19.5 Å². The molecule has 14 heavy (non-hydrogen) atoms. The van der Waals surface area contributed by atoms with E-state index in [1.54, 1.807) is 13.0 Å². The average Bonchev–Trinajstić information content (AvgIpc) is 2.17. The molecule has 0 unspecified atom stereocenters. The first-order chi connectivity index (χ1) is 6.81. The van der Waals surface area contributed by atoms with Crippen molar-refractivity contribution in [2.75, 3.05) is 31.7 Å². The van der Waals surface area contributed by atoms with Crippen LogP contribution >= 0.6 is 11.8 Å². The van der Waals surface area contributed by atoms with Crippen LogP contribution in [0.25, 0.3) is 0 Å². The Labute approximate surface area is 90.3 Å². The minimum Gasteiger partial charge on any atom is -0.463 e. The zero-order valence-electron chi connectivity index (χ0n) is 8.91. The zero-order valence-corrected chi connectivity index (χ0v) is 9.73. The third kappa shape index (κ3) is 9.61. The van der Waals surface area contributed by atoms with Gasteiger partial charge < -0.3 is 10.1 Å². The van der Waals surface area contributed by atoms with Crippen LogP contribution in [0.1, 0.15) is 13.3 Å². The molecule has 0 aromatic carbocycles. The number of hydrogen-bond acceptors (Lipinski definition) is 4. The van der Waals surface area contributed by atoms with Gasteiger partial charge in [0.05, 0.1) is 6.61 Å². The molecule has 0 aliphatic heterocycles. The average molecular weight is 217 g/mol. The number of hydrogen-bond donors (Lipinski definition) is 1. The quantitative estimate of drug-likeness (QED) is 0.379. The lowest BCUT2D eigenvalue weighted by Gasteiger charge is -1.99. The maximum absolute atomic E-state index is 10.8. The monoisotopic (exact) mass is 217 g/mol. The summed E-state index contributed by atoms with van der Waals surface area (Å²) in [6.45, 7) is 3.96. The van der Waals surface area contributed by atoms with Gasteiger partial charge in [-0.2, -0.15) is 11.8 Å². The highest BCUT2D eigenvalue weighted by Gasteiger charge is 1.91. The Morgan fingerprint density at radius 2 is 2.36 bits per heavy atom. The van der Waals surface area contributed by atoms with Crippen LogP contribution in [0.2, 0.25) is 0 Å². The van der Waals surface area contributed by atoms with E-state index in [4.69, 9.17) is 4.74 Å². The predicted octanol–water partition coefficient (Wildman–Crippen LogP) is 1.45. The summed E-state index contributed by atoms with van der Waals surface area (Å²) >= 11 is 1.84. The van der Waals surface area contributed by atoms with Gasteiger partial charge in [0.25, 0.3) is 0 Å². The Morgan fingerprint density at radius 1 is 1.57 bits per heavy atom. The normalized spacial score (nSPS) is 10.7. The van der Waals surface area contributed by atoms with Crippen molar-refractivity contribution in [1.82, 2.24) is 5.32 Å². The zero-order chi connectivity index (χ0) is 10.6. The van der Waals surface area contributed by atoms with Crippen LogP contribution in [-0.4, -0.2) is 37.7 Å². The molecule has 0 saturated heterocycles. The lowest BCUT2D eigenvalue weighted by Crippen LogP contribution is -2.15. The van der Waals surface area contributed by atoms with Crippen LogP contribution in [0.4, 0.5) is 0 Å². The maximum atomic E-state index is 10.8. The second-order valence-corrected chi connectivity index (χ2v) is 3.69. The fraction of sp³-hybridized carbons (Fsp3) is 0.700. The van der Waals surface area contributed by atoms with Crippen LogP contribution in [0.5, 0.6) is 0 Å². The number of carbonyl (C=O) groups is 1. The lowest BCUT2D eigenvalue weighted by molar-refractivity contribution is -0.137. The highest BCUT2D eigenvalue weighted by molar-refractivity contribution is 7.98. The van der Waals surface area contributed by atoms with Crippen molar-refractivity contribution in [3.63, 3.8) is 0 Å². The van der Waals surface area contributed by atoms with E-state index in [1.807, 2.05) is 11.8 Å². The third-order valence-corrected chi connectivity index (χ3v) is 2.20. The molecule has 3 nitrogen and oxygen atoms in total. The summed E-state index contributed by atoms with van der Waals surface area (Å²) in [5, 5.41) is 3.21. The molecule has 1 N–H and O–H groups in total. The standard InChI is InChI=1S/C10H19NO2S/c1-3-13-10(12)6-4-7-11-8-5-9-14-2/h4,6,11H,3,5,7-9H2,1-2H3/b6-4+. The number of carbonyl (C=O) groups excluding carboxylic acids is 1. The van der Waals surface area contributed by atoms with Gasteiger partial charge >= 0.3 is 5.97 Å². The summed E-state index contributed by atoms with van der Waals surface area (Å²) in [5.41, 5.74) is 0. The van der Waals surface area contributed by atoms with Gasteiger partial charge in [0.2, 0.25) is 0 Å². The number of nitrogens with one attached hydrogen (secondary N) is 1. The molecular formula is C10H19NO2S. The molecule has 0 rings (SSSR count). The second kappa shape index (κ2) is 10.6. The SMILES string of the molecule is CCOC(=O)/C=C/CNCCCSC. The topological polar surface area (TPSA) is 38.3 Å². The van der Waals surface area contributed by atoms with Crippen LogP contribution in [0.3, 0.4) is 0 Å². The second-order valence-electron chi connectivity index (χ2n) is 2.70. The molecule has 0 atom stereocenters. The van der Waals surface area contributed by atoms with Gasteiger partial charge in [0.1, 0.15) is 0 Å². The molecule has 0 fully saturated rings. The van der Waals surface area contributed by atoms with Crippen LogP contribution in [-0.2, 0) is 9.53 Å². The summed E-state index contributed by atoms with van der Waals surface area (Å²) in [5.74, 6) is 0.910. The Bertz CT molecular complexity index is 172. The number of thioether (sulfide) groups is 1. The largest absolute Gasteiger partial charge is 0.463 e. The van der Waals surface area contributed by atoms with Crippen LogP contribution < -0.4 is 5.32 Å². The Kier molecular flexibility index (Phi) is 10.2. The van der Waals surface area contributed by atoms with Gasteiger partial charge in [0.15, 0.2) is 0 Å². The first-order valence-electron chi connectivity index (χ1n) is 4.84. The molecule has 4 heteroatoms. The molecule has 0 spiro atoms. The summed E-state index contributed by atoms with van der Waals surface area (Å²) in [4.78, 5) is 10.8. The van der Waals surface area contributed by atoms with Crippen molar-refractivity contribution in [1.29, 1.82) is 0 Å². The van der Waals surface area contributed by atoms with Gasteiger partial charge in [-0.15, -0.1) is 0 Å². The molecular weight excluding hydrogens is 198 g/mol. The van der Waals surface area contributed by atoms with Gasteiger partial charge in [0, 0.05) is 12.6 Å². The minimum atomic E-state index is -0.265. The summed E-state index contributed by atoms with van der Waals surface area (Å²) < 4.78 is 4.73. The maximum Gasteiger partial charge on any atom is 0.330 e. The van der Waals surface area contributed by atoms with E-state index in [1.165, 1.54) is 11.8 Å². The molecule has 0 radical (unpaired) electrons. The van der Waals surface area contributed by atoms with Gasteiger partial charge in [-0.3, -0.25) is 0 Å². The number of rotatable bonds is 8. The van der Waals surface area contributed by atoms with Gasteiger partial charge in [-0.25, -0.2) is 4.79 Å². The van der Waals surface area contributed by atoms with E-state index in [-0.39, 0.29) is 5.97 Å². The first-order valence-corrected chi connectivity index (χ1v) is 6.23. The van der Waals surface area contributed by atoms with Crippen molar-refractivity contribution in [2.45, 2.75) is 13.3 Å². The fourth-order valence-electron chi connectivity index (χ4n) is 0.872. The van der Waals surface area contributed by atoms with E-state index >= 15 is 0 Å². The molecule has 0 aliphatic carbocycles. The summed E-state index contributed by atoms with van der Waals surface area (Å²) in [6.07, 6.45) is 6.51. The van der Waals surface area contributed by atoms with E-state index in [2.05, 4.69) is 11.6 Å². The van der Waals surface area contributed by atoms with Crippen molar-refractivity contribution >= 4 is 17.7 Å². The number of ether oxygens (including phenoxy) is 1. The smallest absolute Gasteiger partial charge is 0.330 e. The molecule has 0 amide bonds. The van der Waals surface area contributed by atoms with Crippen LogP contribution in [0.15, 0.2) is 12.2 Å².